The Balaban J connectivity index is 2.10. The second-order valence-corrected chi connectivity index (χ2v) is 5.49. The van der Waals surface area contributed by atoms with Gasteiger partial charge >= 0.3 is 0 Å². The molecule has 1 aromatic carbocycles. The van der Waals surface area contributed by atoms with E-state index in [2.05, 4.69) is 53.8 Å². The van der Waals surface area contributed by atoms with Crippen LogP contribution in [0, 0.1) is 6.92 Å². The van der Waals surface area contributed by atoms with E-state index in [4.69, 9.17) is 11.6 Å². The summed E-state index contributed by atoms with van der Waals surface area (Å²) in [6, 6.07) is 10.6. The summed E-state index contributed by atoms with van der Waals surface area (Å²) < 4.78 is 4.19. The third-order valence-corrected chi connectivity index (χ3v) is 4.26. The number of nitrogens with zero attached hydrogens (tertiary/aromatic N) is 3. The average molecular weight is 288 g/mol. The number of para-hydroxylation sites is 1. The van der Waals surface area contributed by atoms with Crippen LogP contribution in [0.1, 0.15) is 24.0 Å². The van der Waals surface area contributed by atoms with Crippen LogP contribution in [-0.2, 0) is 20.0 Å². The zero-order valence-electron chi connectivity index (χ0n) is 12.0. The molecule has 0 radical (unpaired) electrons. The van der Waals surface area contributed by atoms with E-state index >= 15 is 0 Å². The largest absolute Gasteiger partial charge is 0.339 e. The van der Waals surface area contributed by atoms with E-state index in [1.54, 1.807) is 0 Å². The molecule has 0 saturated heterocycles. The van der Waals surface area contributed by atoms with Crippen LogP contribution in [0.3, 0.4) is 0 Å². The van der Waals surface area contributed by atoms with Gasteiger partial charge in [-0.05, 0) is 30.9 Å². The molecule has 0 aliphatic carbocycles. The third-order valence-electron chi connectivity index (χ3n) is 3.83. The Labute approximate surface area is 123 Å². The molecule has 2 aromatic heterocycles. The fourth-order valence-corrected chi connectivity index (χ4v) is 3.05. The number of rotatable bonds is 3. The van der Waals surface area contributed by atoms with Crippen molar-refractivity contribution in [2.24, 2.45) is 7.05 Å². The van der Waals surface area contributed by atoms with Crippen LogP contribution in [-0.4, -0.2) is 14.3 Å². The van der Waals surface area contributed by atoms with Crippen LogP contribution in [0.5, 0.6) is 0 Å². The zero-order chi connectivity index (χ0) is 14.3. The van der Waals surface area contributed by atoms with Crippen molar-refractivity contribution in [1.29, 1.82) is 0 Å². The molecular weight excluding hydrogens is 270 g/mol. The second-order valence-electron chi connectivity index (χ2n) is 5.12. The van der Waals surface area contributed by atoms with Crippen molar-refractivity contribution in [1.82, 2.24) is 14.3 Å². The highest BCUT2D eigenvalue weighted by Crippen LogP contribution is 2.25. The Bertz CT molecular complexity index is 767. The van der Waals surface area contributed by atoms with E-state index in [-0.39, 0.29) is 0 Å². The molecule has 0 fully saturated rings. The van der Waals surface area contributed by atoms with Crippen molar-refractivity contribution in [3.63, 3.8) is 0 Å². The van der Waals surface area contributed by atoms with Gasteiger partial charge in [0.2, 0.25) is 0 Å². The molecule has 20 heavy (non-hydrogen) atoms. The third kappa shape index (κ3) is 2.02. The summed E-state index contributed by atoms with van der Waals surface area (Å²) >= 11 is 6.45. The minimum atomic E-state index is 0.752. The van der Waals surface area contributed by atoms with Crippen LogP contribution in [0.4, 0.5) is 0 Å². The van der Waals surface area contributed by atoms with Crippen LogP contribution < -0.4 is 0 Å². The molecule has 3 aromatic rings. The predicted molar refractivity (Wildman–Crippen MR) is 83.4 cm³/mol. The van der Waals surface area contributed by atoms with Gasteiger partial charge in [-0.1, -0.05) is 36.7 Å². The fourth-order valence-electron chi connectivity index (χ4n) is 2.70. The summed E-state index contributed by atoms with van der Waals surface area (Å²) in [6.45, 7) is 4.96. The number of hydrogen-bond donors (Lipinski definition) is 0. The maximum atomic E-state index is 6.45. The molecule has 104 valence electrons. The van der Waals surface area contributed by atoms with Gasteiger partial charge in [-0.3, -0.25) is 4.68 Å². The number of benzene rings is 1. The molecule has 0 bridgehead atoms. The van der Waals surface area contributed by atoms with E-state index in [9.17, 15) is 0 Å². The van der Waals surface area contributed by atoms with E-state index in [0.717, 1.165) is 29.4 Å². The van der Waals surface area contributed by atoms with E-state index < -0.39 is 0 Å². The molecule has 0 atom stereocenters. The number of aryl methyl sites for hydroxylation is 3. The lowest BCUT2D eigenvalue weighted by Gasteiger charge is -2.09. The number of aromatic nitrogens is 3. The minimum Gasteiger partial charge on any atom is -0.339 e. The summed E-state index contributed by atoms with van der Waals surface area (Å²) in [5.41, 5.74) is 4.51. The standard InChI is InChI=1S/C16H18ClN3/c1-4-13-16(17)15(19(3)18-13)10-20-11(2)9-12-7-5-6-8-14(12)20/h5-9H,4,10H2,1-3H3. The first-order valence-electron chi connectivity index (χ1n) is 6.87. The number of fused-ring (bicyclic) bond motifs is 1. The van der Waals surface area contributed by atoms with Crippen molar-refractivity contribution in [2.45, 2.75) is 26.8 Å². The van der Waals surface area contributed by atoms with Gasteiger partial charge in [0.05, 0.1) is 23.0 Å². The molecule has 4 heteroatoms. The molecular formula is C16H18ClN3. The Morgan fingerprint density at radius 2 is 2.00 bits per heavy atom. The van der Waals surface area contributed by atoms with E-state index in [1.165, 1.54) is 16.6 Å². The molecule has 0 spiro atoms. The molecule has 0 saturated carbocycles. The SMILES string of the molecule is CCc1nn(C)c(Cn2c(C)cc3ccccc32)c1Cl. The van der Waals surface area contributed by atoms with Crippen molar-refractivity contribution in [3.05, 3.63) is 52.4 Å². The van der Waals surface area contributed by atoms with E-state index in [1.807, 2.05) is 11.7 Å². The molecule has 2 heterocycles. The van der Waals surface area contributed by atoms with Gasteiger partial charge in [0, 0.05) is 18.3 Å². The number of hydrogen-bond acceptors (Lipinski definition) is 1. The van der Waals surface area contributed by atoms with Gasteiger partial charge in [-0.2, -0.15) is 5.10 Å². The maximum absolute atomic E-state index is 6.45. The fraction of sp³-hybridized carbons (Fsp3) is 0.312. The predicted octanol–water partition coefficient (Wildman–Crippen LogP) is 3.95. The van der Waals surface area contributed by atoms with Crippen molar-refractivity contribution in [2.75, 3.05) is 0 Å². The van der Waals surface area contributed by atoms with Gasteiger partial charge in [-0.15, -0.1) is 0 Å². The number of halogens is 1. The average Bonchev–Trinajstić information content (AvgIpc) is 2.90. The van der Waals surface area contributed by atoms with Crippen LogP contribution >= 0.6 is 11.6 Å². The lowest BCUT2D eigenvalue weighted by atomic mass is 10.2. The van der Waals surface area contributed by atoms with Crippen LogP contribution in [0.2, 0.25) is 5.02 Å². The topological polar surface area (TPSA) is 22.8 Å². The lowest BCUT2D eigenvalue weighted by molar-refractivity contribution is 0.663. The second kappa shape index (κ2) is 4.98. The molecule has 0 unspecified atom stereocenters. The van der Waals surface area contributed by atoms with Crippen molar-refractivity contribution < 1.29 is 0 Å². The van der Waals surface area contributed by atoms with Gasteiger partial charge in [0.25, 0.3) is 0 Å². The first kappa shape index (κ1) is 13.3. The molecule has 3 rings (SSSR count). The van der Waals surface area contributed by atoms with Crippen LogP contribution in [0.15, 0.2) is 30.3 Å². The molecule has 0 amide bonds. The maximum Gasteiger partial charge on any atom is 0.0868 e. The quantitative estimate of drug-likeness (QED) is 0.715. The highest BCUT2D eigenvalue weighted by molar-refractivity contribution is 6.31. The summed E-state index contributed by atoms with van der Waals surface area (Å²) in [5.74, 6) is 0. The monoisotopic (exact) mass is 287 g/mol. The Kier molecular flexibility index (Phi) is 3.30. The Morgan fingerprint density at radius 1 is 1.25 bits per heavy atom. The molecule has 0 N–H and O–H groups in total. The summed E-state index contributed by atoms with van der Waals surface area (Å²) in [7, 11) is 1.96. The van der Waals surface area contributed by atoms with Gasteiger partial charge in [0.1, 0.15) is 0 Å². The summed E-state index contributed by atoms with van der Waals surface area (Å²) in [6.07, 6.45) is 0.859. The first-order valence-corrected chi connectivity index (χ1v) is 7.24. The zero-order valence-corrected chi connectivity index (χ0v) is 12.8. The van der Waals surface area contributed by atoms with Crippen molar-refractivity contribution >= 4 is 22.5 Å². The first-order chi connectivity index (χ1) is 9.61. The highest BCUT2D eigenvalue weighted by atomic mass is 35.5. The summed E-state index contributed by atoms with van der Waals surface area (Å²) in [4.78, 5) is 0. The van der Waals surface area contributed by atoms with E-state index in [0.29, 0.717) is 0 Å². The highest BCUT2D eigenvalue weighted by Gasteiger charge is 2.15. The van der Waals surface area contributed by atoms with Gasteiger partial charge in [0.15, 0.2) is 0 Å². The normalized spacial score (nSPS) is 11.4. The summed E-state index contributed by atoms with van der Waals surface area (Å²) in [5, 5.41) is 6.55. The molecule has 0 aliphatic heterocycles. The minimum absolute atomic E-state index is 0.752. The lowest BCUT2D eigenvalue weighted by Crippen LogP contribution is -2.07. The van der Waals surface area contributed by atoms with Gasteiger partial charge < -0.3 is 4.57 Å². The van der Waals surface area contributed by atoms with Crippen molar-refractivity contribution in [3.8, 4) is 0 Å². The molecule has 0 aliphatic rings. The Morgan fingerprint density at radius 3 is 2.70 bits per heavy atom. The van der Waals surface area contributed by atoms with Gasteiger partial charge in [-0.25, -0.2) is 0 Å². The Hall–Kier alpha value is -1.74. The molecule has 3 nitrogen and oxygen atoms in total. The smallest absolute Gasteiger partial charge is 0.0868 e. The van der Waals surface area contributed by atoms with Crippen LogP contribution in [0.25, 0.3) is 10.9 Å².